The molecule has 0 amide bonds. The van der Waals surface area contributed by atoms with Gasteiger partial charge in [-0.3, -0.25) is 9.69 Å². The summed E-state index contributed by atoms with van der Waals surface area (Å²) in [5.74, 6) is -0.275. The number of rotatable bonds is 5. The summed E-state index contributed by atoms with van der Waals surface area (Å²) in [6, 6.07) is 9.76. The van der Waals surface area contributed by atoms with E-state index in [1.807, 2.05) is 12.1 Å². The standard InChI is InChI=1S/C21H27FN4O/c1-24-20(15-26-13-17-4-2-3-5-18(17)14-26)19(22)12-16(21(24)27)6-9-25-10-7-23-8-11-25/h2-5,12,23H,6-11,13-15H2,1H3. The molecule has 0 radical (unpaired) electrons. The molecule has 1 fully saturated rings. The number of pyridine rings is 1. The van der Waals surface area contributed by atoms with Crippen molar-refractivity contribution in [3.63, 3.8) is 0 Å². The normalized spacial score (nSPS) is 18.0. The van der Waals surface area contributed by atoms with Crippen LogP contribution in [0, 0.1) is 5.82 Å². The minimum absolute atomic E-state index is 0.0711. The Bertz CT molecular complexity index is 848. The molecule has 144 valence electrons. The first-order valence-electron chi connectivity index (χ1n) is 9.71. The minimum Gasteiger partial charge on any atom is -0.314 e. The molecule has 6 heteroatoms. The Morgan fingerprint density at radius 1 is 1.07 bits per heavy atom. The molecular formula is C21H27FN4O. The van der Waals surface area contributed by atoms with Crippen LogP contribution in [0.1, 0.15) is 22.4 Å². The lowest BCUT2D eigenvalue weighted by Crippen LogP contribution is -2.44. The summed E-state index contributed by atoms with van der Waals surface area (Å²) >= 11 is 0. The van der Waals surface area contributed by atoms with Crippen molar-refractivity contribution in [1.29, 1.82) is 0 Å². The van der Waals surface area contributed by atoms with Crippen LogP contribution >= 0.6 is 0 Å². The topological polar surface area (TPSA) is 40.5 Å². The number of benzene rings is 1. The lowest BCUT2D eigenvalue weighted by Gasteiger charge is -2.27. The Kier molecular flexibility index (Phi) is 5.38. The molecule has 0 unspecified atom stereocenters. The first kappa shape index (κ1) is 18.3. The third-order valence-electron chi connectivity index (χ3n) is 5.75. The predicted octanol–water partition coefficient (Wildman–Crippen LogP) is 1.49. The van der Waals surface area contributed by atoms with E-state index >= 15 is 0 Å². The largest absolute Gasteiger partial charge is 0.314 e. The molecule has 3 heterocycles. The Hall–Kier alpha value is -2.02. The molecule has 2 aromatic rings. The van der Waals surface area contributed by atoms with Crippen LogP contribution in [-0.2, 0) is 33.1 Å². The van der Waals surface area contributed by atoms with Crippen LogP contribution < -0.4 is 10.9 Å². The van der Waals surface area contributed by atoms with E-state index in [0.717, 1.165) is 45.8 Å². The zero-order valence-electron chi connectivity index (χ0n) is 15.9. The molecule has 0 spiro atoms. The van der Waals surface area contributed by atoms with E-state index in [1.165, 1.54) is 21.8 Å². The molecule has 27 heavy (non-hydrogen) atoms. The van der Waals surface area contributed by atoms with Gasteiger partial charge in [-0.25, -0.2) is 4.39 Å². The Labute approximate surface area is 159 Å². The van der Waals surface area contributed by atoms with Crippen LogP contribution in [0.2, 0.25) is 0 Å². The molecule has 4 rings (SSSR count). The van der Waals surface area contributed by atoms with E-state index < -0.39 is 0 Å². The van der Waals surface area contributed by atoms with Gasteiger partial charge in [0.15, 0.2) is 0 Å². The zero-order chi connectivity index (χ0) is 18.8. The van der Waals surface area contributed by atoms with Gasteiger partial charge in [0.1, 0.15) is 5.82 Å². The number of piperazine rings is 1. The second-order valence-electron chi connectivity index (χ2n) is 7.58. The van der Waals surface area contributed by atoms with Crippen LogP contribution in [0.15, 0.2) is 35.1 Å². The highest BCUT2D eigenvalue weighted by Gasteiger charge is 2.22. The number of hydrogen-bond donors (Lipinski definition) is 1. The van der Waals surface area contributed by atoms with E-state index in [4.69, 9.17) is 0 Å². The van der Waals surface area contributed by atoms with Crippen LogP contribution in [0.4, 0.5) is 4.39 Å². The smallest absolute Gasteiger partial charge is 0.253 e. The van der Waals surface area contributed by atoms with Gasteiger partial charge in [0.2, 0.25) is 0 Å². The van der Waals surface area contributed by atoms with Crippen molar-refractivity contribution in [2.24, 2.45) is 7.05 Å². The quantitative estimate of drug-likeness (QED) is 0.866. The molecule has 1 saturated heterocycles. The fourth-order valence-corrected chi connectivity index (χ4v) is 4.10. The van der Waals surface area contributed by atoms with E-state index in [0.29, 0.717) is 24.2 Å². The van der Waals surface area contributed by atoms with Crippen molar-refractivity contribution in [1.82, 2.24) is 19.7 Å². The lowest BCUT2D eigenvalue weighted by atomic mass is 10.1. The maximum atomic E-state index is 14.8. The number of aromatic nitrogens is 1. The SMILES string of the molecule is Cn1c(CN2Cc3ccccc3C2)c(F)cc(CCN2CCNCC2)c1=O. The summed E-state index contributed by atoms with van der Waals surface area (Å²) in [6.07, 6.45) is 0.596. The van der Waals surface area contributed by atoms with Crippen molar-refractivity contribution >= 4 is 0 Å². The highest BCUT2D eigenvalue weighted by molar-refractivity contribution is 5.30. The molecule has 5 nitrogen and oxygen atoms in total. The Morgan fingerprint density at radius 3 is 2.41 bits per heavy atom. The third-order valence-corrected chi connectivity index (χ3v) is 5.75. The van der Waals surface area contributed by atoms with Gasteiger partial charge in [-0.05, 0) is 23.6 Å². The minimum atomic E-state index is -0.275. The number of halogens is 1. The molecule has 0 aliphatic carbocycles. The number of nitrogens with zero attached hydrogens (tertiary/aromatic N) is 3. The van der Waals surface area contributed by atoms with Crippen LogP contribution in [0.25, 0.3) is 0 Å². The van der Waals surface area contributed by atoms with Gasteiger partial charge in [0.25, 0.3) is 5.56 Å². The maximum absolute atomic E-state index is 14.8. The Balaban J connectivity index is 1.46. The van der Waals surface area contributed by atoms with Gasteiger partial charge in [-0.2, -0.15) is 0 Å². The lowest BCUT2D eigenvalue weighted by molar-refractivity contribution is 0.243. The van der Waals surface area contributed by atoms with E-state index in [1.54, 1.807) is 7.05 Å². The van der Waals surface area contributed by atoms with Gasteiger partial charge in [-0.15, -0.1) is 0 Å². The molecule has 1 aromatic carbocycles. The van der Waals surface area contributed by atoms with Gasteiger partial charge in [0.05, 0.1) is 5.69 Å². The van der Waals surface area contributed by atoms with Crippen LogP contribution in [-0.4, -0.2) is 47.1 Å². The summed E-state index contributed by atoms with van der Waals surface area (Å²) in [5.41, 5.74) is 3.55. The fraction of sp³-hybridized carbons (Fsp3) is 0.476. The van der Waals surface area contributed by atoms with E-state index in [2.05, 4.69) is 27.2 Å². The van der Waals surface area contributed by atoms with Gasteiger partial charge < -0.3 is 14.8 Å². The molecule has 0 saturated carbocycles. The first-order chi connectivity index (χ1) is 13.1. The molecule has 2 aliphatic rings. The van der Waals surface area contributed by atoms with Gasteiger partial charge >= 0.3 is 0 Å². The summed E-state index contributed by atoms with van der Waals surface area (Å²) in [5, 5.41) is 3.32. The summed E-state index contributed by atoms with van der Waals surface area (Å²) in [7, 11) is 1.69. The Morgan fingerprint density at radius 2 is 1.74 bits per heavy atom. The molecule has 1 N–H and O–H groups in total. The first-order valence-corrected chi connectivity index (χ1v) is 9.71. The van der Waals surface area contributed by atoms with Crippen LogP contribution in [0.3, 0.4) is 0 Å². The fourth-order valence-electron chi connectivity index (χ4n) is 4.10. The van der Waals surface area contributed by atoms with Crippen molar-refractivity contribution in [2.75, 3.05) is 32.7 Å². The third kappa shape index (κ3) is 3.98. The molecular weight excluding hydrogens is 343 g/mol. The maximum Gasteiger partial charge on any atom is 0.253 e. The van der Waals surface area contributed by atoms with Crippen molar-refractivity contribution in [2.45, 2.75) is 26.1 Å². The average Bonchev–Trinajstić information content (AvgIpc) is 3.10. The molecule has 1 aromatic heterocycles. The number of fused-ring (bicyclic) bond motifs is 1. The summed E-state index contributed by atoms with van der Waals surface area (Å²) < 4.78 is 16.3. The van der Waals surface area contributed by atoms with Crippen molar-refractivity contribution < 1.29 is 4.39 Å². The number of nitrogens with one attached hydrogen (secondary N) is 1. The average molecular weight is 370 g/mol. The van der Waals surface area contributed by atoms with Crippen LogP contribution in [0.5, 0.6) is 0 Å². The second kappa shape index (κ2) is 7.92. The zero-order valence-corrected chi connectivity index (χ0v) is 15.9. The van der Waals surface area contributed by atoms with E-state index in [-0.39, 0.29) is 11.4 Å². The monoisotopic (exact) mass is 370 g/mol. The van der Waals surface area contributed by atoms with Crippen molar-refractivity contribution in [3.8, 4) is 0 Å². The van der Waals surface area contributed by atoms with E-state index in [9.17, 15) is 9.18 Å². The predicted molar refractivity (Wildman–Crippen MR) is 104 cm³/mol. The molecule has 0 atom stereocenters. The number of hydrogen-bond acceptors (Lipinski definition) is 4. The molecule has 0 bridgehead atoms. The summed E-state index contributed by atoms with van der Waals surface area (Å²) in [6.45, 7) is 6.77. The highest BCUT2D eigenvalue weighted by Crippen LogP contribution is 2.24. The second-order valence-corrected chi connectivity index (χ2v) is 7.58. The van der Waals surface area contributed by atoms with Gasteiger partial charge in [0, 0.05) is 65.0 Å². The summed E-state index contributed by atoms with van der Waals surface area (Å²) in [4.78, 5) is 17.3. The highest BCUT2D eigenvalue weighted by atomic mass is 19.1. The van der Waals surface area contributed by atoms with Gasteiger partial charge in [-0.1, -0.05) is 24.3 Å². The van der Waals surface area contributed by atoms with Crippen molar-refractivity contribution in [3.05, 3.63) is 68.9 Å². The molecule has 2 aliphatic heterocycles.